The van der Waals surface area contributed by atoms with E-state index in [1.54, 1.807) is 7.05 Å². The van der Waals surface area contributed by atoms with Crippen LogP contribution in [0.5, 0.6) is 0 Å². The minimum absolute atomic E-state index is 0.279. The number of aryl methyl sites for hydroxylation is 1. The summed E-state index contributed by atoms with van der Waals surface area (Å²) in [6.07, 6.45) is 0.915. The van der Waals surface area contributed by atoms with Gasteiger partial charge in [-0.05, 0) is 30.9 Å². The predicted octanol–water partition coefficient (Wildman–Crippen LogP) is 1.82. The van der Waals surface area contributed by atoms with Crippen LogP contribution in [0, 0.1) is 12.3 Å². The van der Waals surface area contributed by atoms with Gasteiger partial charge in [0.25, 0.3) is 0 Å². The van der Waals surface area contributed by atoms with Crippen molar-refractivity contribution in [1.82, 2.24) is 4.90 Å². The normalized spacial score (nSPS) is 16.1. The zero-order valence-corrected chi connectivity index (χ0v) is 10.6. The molecule has 0 heterocycles. The van der Waals surface area contributed by atoms with E-state index in [1.807, 2.05) is 31.2 Å². The van der Waals surface area contributed by atoms with Crippen LogP contribution in [0.4, 0.5) is 0 Å². The molecule has 1 aromatic rings. The fraction of sp³-hybridized carbons (Fsp3) is 0.429. The predicted molar refractivity (Wildman–Crippen MR) is 67.0 cm³/mol. The molecule has 1 aromatic carbocycles. The maximum absolute atomic E-state index is 12.1. The molecule has 0 bridgehead atoms. The lowest BCUT2D eigenvalue weighted by atomic mass is 10.0. The second kappa shape index (κ2) is 4.44. The van der Waals surface area contributed by atoms with Crippen molar-refractivity contribution in [2.24, 2.45) is 5.41 Å². The zero-order chi connectivity index (χ0) is 13.3. The van der Waals surface area contributed by atoms with E-state index in [-0.39, 0.29) is 5.91 Å². The van der Waals surface area contributed by atoms with Gasteiger partial charge in [0.15, 0.2) is 0 Å². The first-order valence-electron chi connectivity index (χ1n) is 6.01. The molecule has 0 unspecified atom stereocenters. The monoisotopic (exact) mass is 247 g/mol. The maximum Gasteiger partial charge on any atom is 0.319 e. The molecule has 4 nitrogen and oxygen atoms in total. The highest BCUT2D eigenvalue weighted by Crippen LogP contribution is 2.47. The average molecular weight is 247 g/mol. The maximum atomic E-state index is 12.1. The molecular weight excluding hydrogens is 230 g/mol. The molecular formula is C14H17NO3. The Kier molecular flexibility index (Phi) is 3.11. The van der Waals surface area contributed by atoms with Crippen LogP contribution in [-0.4, -0.2) is 28.9 Å². The van der Waals surface area contributed by atoms with E-state index in [0.717, 1.165) is 11.1 Å². The first-order chi connectivity index (χ1) is 8.47. The van der Waals surface area contributed by atoms with Crippen LogP contribution in [-0.2, 0) is 16.1 Å². The number of rotatable bonds is 4. The molecule has 96 valence electrons. The fourth-order valence-electron chi connectivity index (χ4n) is 2.12. The number of carboxylic acids is 1. The highest BCUT2D eigenvalue weighted by atomic mass is 16.4. The van der Waals surface area contributed by atoms with Crippen molar-refractivity contribution in [3.8, 4) is 0 Å². The molecule has 1 aliphatic rings. The highest BCUT2D eigenvalue weighted by molar-refractivity contribution is 6.04. The van der Waals surface area contributed by atoms with Crippen molar-refractivity contribution in [2.45, 2.75) is 26.3 Å². The summed E-state index contributed by atoms with van der Waals surface area (Å²) in [5, 5.41) is 9.10. The van der Waals surface area contributed by atoms with Crippen LogP contribution in [0.15, 0.2) is 24.3 Å². The van der Waals surface area contributed by atoms with Gasteiger partial charge < -0.3 is 10.0 Å². The van der Waals surface area contributed by atoms with Crippen LogP contribution >= 0.6 is 0 Å². The Balaban J connectivity index is 2.10. The summed E-state index contributed by atoms with van der Waals surface area (Å²) in [7, 11) is 1.66. The van der Waals surface area contributed by atoms with Crippen molar-refractivity contribution >= 4 is 11.9 Å². The zero-order valence-electron chi connectivity index (χ0n) is 10.6. The molecule has 0 saturated heterocycles. The lowest BCUT2D eigenvalue weighted by Gasteiger charge is -2.22. The number of hydrogen-bond donors (Lipinski definition) is 1. The average Bonchev–Trinajstić information content (AvgIpc) is 3.12. The Labute approximate surface area is 106 Å². The van der Waals surface area contributed by atoms with E-state index in [9.17, 15) is 9.59 Å². The first kappa shape index (κ1) is 12.6. The third-order valence-corrected chi connectivity index (χ3v) is 3.58. The molecule has 1 amide bonds. The van der Waals surface area contributed by atoms with E-state index in [0.29, 0.717) is 19.4 Å². The van der Waals surface area contributed by atoms with Gasteiger partial charge in [-0.2, -0.15) is 0 Å². The Bertz CT molecular complexity index is 492. The quantitative estimate of drug-likeness (QED) is 0.826. The minimum Gasteiger partial charge on any atom is -0.480 e. The molecule has 2 rings (SSSR count). The SMILES string of the molecule is Cc1ccccc1CN(C)C(=O)C1(C(=O)O)CC1. The third kappa shape index (κ3) is 2.10. The first-order valence-corrected chi connectivity index (χ1v) is 6.01. The number of nitrogens with zero attached hydrogens (tertiary/aromatic N) is 1. The number of benzene rings is 1. The van der Waals surface area contributed by atoms with Crippen LogP contribution < -0.4 is 0 Å². The molecule has 1 aliphatic carbocycles. The molecule has 4 heteroatoms. The molecule has 1 N–H and O–H groups in total. The molecule has 18 heavy (non-hydrogen) atoms. The van der Waals surface area contributed by atoms with E-state index >= 15 is 0 Å². The Hall–Kier alpha value is -1.84. The van der Waals surface area contributed by atoms with Gasteiger partial charge in [-0.3, -0.25) is 9.59 Å². The summed E-state index contributed by atoms with van der Waals surface area (Å²) in [4.78, 5) is 24.7. The number of carbonyl (C=O) groups excluding carboxylic acids is 1. The van der Waals surface area contributed by atoms with Gasteiger partial charge in [0.05, 0.1) is 0 Å². The number of hydrogen-bond acceptors (Lipinski definition) is 2. The topological polar surface area (TPSA) is 57.6 Å². The highest BCUT2D eigenvalue weighted by Gasteiger charge is 2.58. The molecule has 1 saturated carbocycles. The largest absolute Gasteiger partial charge is 0.480 e. The number of carbonyl (C=O) groups is 2. The van der Waals surface area contributed by atoms with E-state index < -0.39 is 11.4 Å². The lowest BCUT2D eigenvalue weighted by Crippen LogP contribution is -2.38. The Morgan fingerprint density at radius 2 is 1.94 bits per heavy atom. The number of aliphatic carboxylic acids is 1. The summed E-state index contributed by atoms with van der Waals surface area (Å²) < 4.78 is 0. The van der Waals surface area contributed by atoms with Crippen LogP contribution in [0.3, 0.4) is 0 Å². The van der Waals surface area contributed by atoms with Gasteiger partial charge in [-0.15, -0.1) is 0 Å². The van der Waals surface area contributed by atoms with Gasteiger partial charge in [0, 0.05) is 13.6 Å². The third-order valence-electron chi connectivity index (χ3n) is 3.58. The number of carboxylic acid groups (broad SMARTS) is 1. The van der Waals surface area contributed by atoms with E-state index in [4.69, 9.17) is 5.11 Å². The van der Waals surface area contributed by atoms with Gasteiger partial charge in [-0.25, -0.2) is 0 Å². The van der Waals surface area contributed by atoms with Gasteiger partial charge in [0.1, 0.15) is 5.41 Å². The summed E-state index contributed by atoms with van der Waals surface area (Å²) in [5.74, 6) is -1.28. The number of amides is 1. The van der Waals surface area contributed by atoms with E-state index in [2.05, 4.69) is 0 Å². The fourth-order valence-corrected chi connectivity index (χ4v) is 2.12. The smallest absolute Gasteiger partial charge is 0.319 e. The summed E-state index contributed by atoms with van der Waals surface area (Å²) >= 11 is 0. The second-order valence-electron chi connectivity index (χ2n) is 4.97. The lowest BCUT2D eigenvalue weighted by molar-refractivity contribution is -0.153. The van der Waals surface area contributed by atoms with Crippen LogP contribution in [0.25, 0.3) is 0 Å². The Morgan fingerprint density at radius 1 is 1.33 bits per heavy atom. The van der Waals surface area contributed by atoms with Crippen LogP contribution in [0.1, 0.15) is 24.0 Å². The van der Waals surface area contributed by atoms with Crippen molar-refractivity contribution in [1.29, 1.82) is 0 Å². The molecule has 0 atom stereocenters. The molecule has 0 aromatic heterocycles. The van der Waals surface area contributed by atoms with Crippen LogP contribution in [0.2, 0.25) is 0 Å². The van der Waals surface area contributed by atoms with E-state index in [1.165, 1.54) is 4.90 Å². The summed E-state index contributed by atoms with van der Waals surface area (Å²) in [6, 6.07) is 7.81. The Morgan fingerprint density at radius 3 is 2.44 bits per heavy atom. The minimum atomic E-state index is -1.14. The van der Waals surface area contributed by atoms with Gasteiger partial charge >= 0.3 is 5.97 Å². The molecule has 0 radical (unpaired) electrons. The van der Waals surface area contributed by atoms with Gasteiger partial charge in [-0.1, -0.05) is 24.3 Å². The molecule has 1 fully saturated rings. The summed E-state index contributed by atoms with van der Waals surface area (Å²) in [6.45, 7) is 2.44. The second-order valence-corrected chi connectivity index (χ2v) is 4.97. The standard InChI is InChI=1S/C14H17NO3/c1-10-5-3-4-6-11(10)9-15(2)12(16)14(7-8-14)13(17)18/h3-6H,7-9H2,1-2H3,(H,17,18). The van der Waals surface area contributed by atoms with Crippen molar-refractivity contribution in [3.63, 3.8) is 0 Å². The van der Waals surface area contributed by atoms with Crippen molar-refractivity contribution < 1.29 is 14.7 Å². The molecule has 0 aliphatic heterocycles. The van der Waals surface area contributed by atoms with Crippen molar-refractivity contribution in [2.75, 3.05) is 7.05 Å². The summed E-state index contributed by atoms with van der Waals surface area (Å²) in [5.41, 5.74) is 1.02. The molecule has 0 spiro atoms. The van der Waals surface area contributed by atoms with Gasteiger partial charge in [0.2, 0.25) is 5.91 Å². The van der Waals surface area contributed by atoms with Crippen molar-refractivity contribution in [3.05, 3.63) is 35.4 Å².